The maximum Gasteiger partial charge on any atom is 0.243 e. The largest absolute Gasteiger partial charge is 0.371 e. The number of hydrogen-bond donors (Lipinski definition) is 0. The predicted octanol–water partition coefficient (Wildman–Crippen LogP) is 1.36. The Morgan fingerprint density at radius 2 is 1.75 bits per heavy atom. The van der Waals surface area contributed by atoms with Gasteiger partial charge in [-0.05, 0) is 31.9 Å². The first-order chi connectivity index (χ1) is 9.43. The van der Waals surface area contributed by atoms with E-state index in [0.29, 0.717) is 30.8 Å². The topological polar surface area (TPSA) is 63.7 Å². The summed E-state index contributed by atoms with van der Waals surface area (Å²) in [6.45, 7) is 2.50. The minimum atomic E-state index is -3.48. The smallest absolute Gasteiger partial charge is 0.243 e. The number of rotatable bonds is 4. The predicted molar refractivity (Wildman–Crippen MR) is 75.0 cm³/mol. The molecule has 0 spiro atoms. The number of hydrogen-bond acceptors (Lipinski definition) is 4. The Hall–Kier alpha value is -1.24. The molecule has 110 valence electrons. The molecule has 1 saturated heterocycles. The number of carbonyl (C=O) groups is 1. The Kier molecular flexibility index (Phi) is 4.27. The quantitative estimate of drug-likeness (QED) is 0.787. The molecular formula is C14H19NO4S. The zero-order chi connectivity index (χ0) is 14.8. The minimum absolute atomic E-state index is 0.291. The van der Waals surface area contributed by atoms with Gasteiger partial charge in [0.2, 0.25) is 10.0 Å². The molecule has 6 heteroatoms. The number of carbonyl (C=O) groups excluding carboxylic acids is 1. The molecule has 0 amide bonds. The summed E-state index contributed by atoms with van der Waals surface area (Å²) < 4.78 is 31.6. The van der Waals surface area contributed by atoms with Crippen molar-refractivity contribution in [3.63, 3.8) is 0 Å². The van der Waals surface area contributed by atoms with Crippen LogP contribution < -0.4 is 0 Å². The Bertz CT molecular complexity index is 572. The summed E-state index contributed by atoms with van der Waals surface area (Å²) in [6, 6.07) is 6.79. The highest BCUT2D eigenvalue weighted by molar-refractivity contribution is 7.89. The van der Waals surface area contributed by atoms with Gasteiger partial charge in [-0.3, -0.25) is 0 Å². The Morgan fingerprint density at radius 1 is 1.20 bits per heavy atom. The number of sulfonamides is 1. The molecule has 0 bridgehead atoms. The third-order valence-corrected chi connectivity index (χ3v) is 5.76. The van der Waals surface area contributed by atoms with E-state index in [1.807, 2.05) is 6.92 Å². The van der Waals surface area contributed by atoms with Crippen molar-refractivity contribution in [1.82, 2.24) is 4.31 Å². The Balaban J connectivity index is 2.17. The highest BCUT2D eigenvalue weighted by Crippen LogP contribution is 2.27. The lowest BCUT2D eigenvalue weighted by Crippen LogP contribution is -2.48. The molecule has 20 heavy (non-hydrogen) atoms. The van der Waals surface area contributed by atoms with E-state index in [1.165, 1.54) is 11.4 Å². The molecular weight excluding hydrogens is 278 g/mol. The molecule has 1 aromatic carbocycles. The van der Waals surface area contributed by atoms with Gasteiger partial charge in [0, 0.05) is 20.2 Å². The van der Waals surface area contributed by atoms with Gasteiger partial charge in [0.25, 0.3) is 0 Å². The standard InChI is InChI=1S/C14H19NO4S/c1-12-3-5-13(6-4-12)20(17,18)15-9-7-14(11-16,19-2)8-10-15/h3-6,11H,7-10H2,1-2H3. The van der Waals surface area contributed by atoms with Crippen molar-refractivity contribution in [3.05, 3.63) is 29.8 Å². The van der Waals surface area contributed by atoms with Crippen LogP contribution in [0, 0.1) is 6.92 Å². The van der Waals surface area contributed by atoms with Gasteiger partial charge in [-0.1, -0.05) is 17.7 Å². The lowest BCUT2D eigenvalue weighted by molar-refractivity contribution is -0.131. The third kappa shape index (κ3) is 2.77. The zero-order valence-electron chi connectivity index (χ0n) is 11.7. The Labute approximate surface area is 119 Å². The molecule has 0 aromatic heterocycles. The van der Waals surface area contributed by atoms with Crippen LogP contribution in [0.3, 0.4) is 0 Å². The number of nitrogens with zero attached hydrogens (tertiary/aromatic N) is 1. The first kappa shape index (κ1) is 15.2. The van der Waals surface area contributed by atoms with E-state index in [1.54, 1.807) is 24.3 Å². The van der Waals surface area contributed by atoms with Gasteiger partial charge in [-0.15, -0.1) is 0 Å². The zero-order valence-corrected chi connectivity index (χ0v) is 12.5. The van der Waals surface area contributed by atoms with Crippen LogP contribution in [-0.2, 0) is 19.6 Å². The third-order valence-electron chi connectivity index (χ3n) is 3.85. The van der Waals surface area contributed by atoms with Gasteiger partial charge in [-0.25, -0.2) is 8.42 Å². The van der Waals surface area contributed by atoms with Crippen LogP contribution in [0.15, 0.2) is 29.2 Å². The summed E-state index contributed by atoms with van der Waals surface area (Å²) >= 11 is 0. The average molecular weight is 297 g/mol. The lowest BCUT2D eigenvalue weighted by atomic mass is 9.94. The second-order valence-electron chi connectivity index (χ2n) is 5.10. The number of aldehydes is 1. The van der Waals surface area contributed by atoms with Crippen molar-refractivity contribution in [3.8, 4) is 0 Å². The van der Waals surface area contributed by atoms with E-state index < -0.39 is 15.6 Å². The average Bonchev–Trinajstić information content (AvgIpc) is 2.47. The van der Waals surface area contributed by atoms with Crippen LogP contribution in [0.2, 0.25) is 0 Å². The maximum atomic E-state index is 12.5. The number of benzene rings is 1. The molecule has 0 saturated carbocycles. The van der Waals surface area contributed by atoms with E-state index in [0.717, 1.165) is 11.8 Å². The summed E-state index contributed by atoms with van der Waals surface area (Å²) in [6.07, 6.45) is 1.55. The highest BCUT2D eigenvalue weighted by Gasteiger charge is 2.38. The van der Waals surface area contributed by atoms with Crippen molar-refractivity contribution >= 4 is 16.3 Å². The molecule has 0 atom stereocenters. The fourth-order valence-corrected chi connectivity index (χ4v) is 3.78. The number of methoxy groups -OCH3 is 1. The molecule has 1 aliphatic heterocycles. The van der Waals surface area contributed by atoms with Crippen molar-refractivity contribution < 1.29 is 17.9 Å². The van der Waals surface area contributed by atoms with Gasteiger partial charge in [0.1, 0.15) is 5.60 Å². The first-order valence-electron chi connectivity index (χ1n) is 6.52. The normalized spacial score (nSPS) is 19.7. The van der Waals surface area contributed by atoms with Crippen LogP contribution >= 0.6 is 0 Å². The van der Waals surface area contributed by atoms with Crippen LogP contribution in [0.25, 0.3) is 0 Å². The van der Waals surface area contributed by atoms with Gasteiger partial charge in [-0.2, -0.15) is 4.31 Å². The van der Waals surface area contributed by atoms with Crippen molar-refractivity contribution in [2.24, 2.45) is 0 Å². The molecule has 0 aliphatic carbocycles. The molecule has 0 radical (unpaired) electrons. The summed E-state index contributed by atoms with van der Waals surface area (Å²) in [5.74, 6) is 0. The van der Waals surface area contributed by atoms with Crippen LogP contribution in [0.5, 0.6) is 0 Å². The molecule has 2 rings (SSSR count). The van der Waals surface area contributed by atoms with Gasteiger partial charge >= 0.3 is 0 Å². The number of aryl methyl sites for hydroxylation is 1. The first-order valence-corrected chi connectivity index (χ1v) is 7.96. The second kappa shape index (κ2) is 5.63. The lowest BCUT2D eigenvalue weighted by Gasteiger charge is -2.36. The number of ether oxygens (including phenoxy) is 1. The van der Waals surface area contributed by atoms with Crippen LogP contribution in [0.1, 0.15) is 18.4 Å². The molecule has 5 nitrogen and oxygen atoms in total. The van der Waals surface area contributed by atoms with Crippen LogP contribution in [-0.4, -0.2) is 44.8 Å². The molecule has 0 N–H and O–H groups in total. The summed E-state index contributed by atoms with van der Waals surface area (Å²) in [5, 5.41) is 0. The van der Waals surface area contributed by atoms with E-state index >= 15 is 0 Å². The fourth-order valence-electron chi connectivity index (χ4n) is 2.33. The molecule has 1 heterocycles. The van der Waals surface area contributed by atoms with E-state index in [4.69, 9.17) is 4.74 Å². The number of piperidine rings is 1. The van der Waals surface area contributed by atoms with Crippen molar-refractivity contribution in [1.29, 1.82) is 0 Å². The van der Waals surface area contributed by atoms with Gasteiger partial charge < -0.3 is 9.53 Å². The van der Waals surface area contributed by atoms with Crippen molar-refractivity contribution in [2.75, 3.05) is 20.2 Å². The monoisotopic (exact) mass is 297 g/mol. The molecule has 1 fully saturated rings. The fraction of sp³-hybridized carbons (Fsp3) is 0.500. The summed E-state index contributed by atoms with van der Waals surface area (Å²) in [7, 11) is -2.00. The molecule has 0 unspecified atom stereocenters. The van der Waals surface area contributed by atoms with Crippen LogP contribution in [0.4, 0.5) is 0 Å². The minimum Gasteiger partial charge on any atom is -0.371 e. The summed E-state index contributed by atoms with van der Waals surface area (Å²) in [5.41, 5.74) is 0.182. The SMILES string of the molecule is COC1(C=O)CCN(S(=O)(=O)c2ccc(C)cc2)CC1. The second-order valence-corrected chi connectivity index (χ2v) is 7.04. The summed E-state index contributed by atoms with van der Waals surface area (Å²) in [4.78, 5) is 11.4. The maximum absolute atomic E-state index is 12.5. The van der Waals surface area contributed by atoms with Crippen molar-refractivity contribution in [2.45, 2.75) is 30.3 Å². The van der Waals surface area contributed by atoms with E-state index in [-0.39, 0.29) is 0 Å². The van der Waals surface area contributed by atoms with Gasteiger partial charge in [0.05, 0.1) is 4.90 Å². The highest BCUT2D eigenvalue weighted by atomic mass is 32.2. The molecule has 1 aromatic rings. The Morgan fingerprint density at radius 3 is 2.20 bits per heavy atom. The molecule has 1 aliphatic rings. The van der Waals surface area contributed by atoms with Gasteiger partial charge in [0.15, 0.2) is 6.29 Å². The van der Waals surface area contributed by atoms with E-state index in [9.17, 15) is 13.2 Å². The van der Waals surface area contributed by atoms with E-state index in [2.05, 4.69) is 0 Å².